The topological polar surface area (TPSA) is 55.6 Å². The first-order valence-corrected chi connectivity index (χ1v) is 3.68. The average molecular weight is 158 g/mol. The number of methoxy groups -OCH3 is 1. The molecule has 1 fully saturated rings. The Morgan fingerprint density at radius 1 is 1.73 bits per heavy atom. The summed E-state index contributed by atoms with van der Waals surface area (Å²) < 4.78 is 4.62. The summed E-state index contributed by atoms with van der Waals surface area (Å²) in [5, 5.41) is 0. The van der Waals surface area contributed by atoms with Crippen LogP contribution in [0, 0.1) is 0 Å². The molecule has 0 unspecified atom stereocenters. The third-order valence-corrected chi connectivity index (χ3v) is 2.05. The van der Waals surface area contributed by atoms with E-state index in [0.717, 1.165) is 6.54 Å². The number of hydrogen-bond acceptors (Lipinski definition) is 4. The molecule has 1 aliphatic rings. The largest absolute Gasteiger partial charge is 0.468 e. The van der Waals surface area contributed by atoms with E-state index in [1.54, 1.807) is 0 Å². The van der Waals surface area contributed by atoms with Gasteiger partial charge in [-0.3, -0.25) is 9.69 Å². The second-order valence-corrected chi connectivity index (χ2v) is 2.97. The minimum absolute atomic E-state index is 0.115. The fourth-order valence-electron chi connectivity index (χ4n) is 1.45. The SMILES string of the molecule is COC(=O)[C@H]1C[C@@H](N)CN1C. The average Bonchev–Trinajstić information content (AvgIpc) is 2.28. The molecule has 4 heteroatoms. The molecule has 2 atom stereocenters. The molecular formula is C7H14N2O2. The van der Waals surface area contributed by atoms with Gasteiger partial charge in [-0.2, -0.15) is 0 Å². The third-order valence-electron chi connectivity index (χ3n) is 2.05. The van der Waals surface area contributed by atoms with Crippen LogP contribution in [0.1, 0.15) is 6.42 Å². The molecule has 0 aliphatic carbocycles. The predicted molar refractivity (Wildman–Crippen MR) is 41.0 cm³/mol. The monoisotopic (exact) mass is 158 g/mol. The van der Waals surface area contributed by atoms with E-state index >= 15 is 0 Å². The number of nitrogens with two attached hydrogens (primary N) is 1. The fourth-order valence-corrected chi connectivity index (χ4v) is 1.45. The molecule has 4 nitrogen and oxygen atoms in total. The quantitative estimate of drug-likeness (QED) is 0.507. The number of hydrogen-bond donors (Lipinski definition) is 1. The Labute approximate surface area is 66.3 Å². The van der Waals surface area contributed by atoms with Crippen molar-refractivity contribution in [2.45, 2.75) is 18.5 Å². The van der Waals surface area contributed by atoms with Crippen LogP contribution in [-0.4, -0.2) is 43.7 Å². The van der Waals surface area contributed by atoms with Crippen LogP contribution in [0.4, 0.5) is 0 Å². The van der Waals surface area contributed by atoms with Crippen molar-refractivity contribution >= 4 is 5.97 Å². The summed E-state index contributed by atoms with van der Waals surface area (Å²) in [5.41, 5.74) is 5.66. The fraction of sp³-hybridized carbons (Fsp3) is 0.857. The molecule has 0 bridgehead atoms. The van der Waals surface area contributed by atoms with Gasteiger partial charge in [0, 0.05) is 12.6 Å². The molecule has 1 aliphatic heterocycles. The molecule has 1 heterocycles. The molecule has 0 aromatic heterocycles. The molecule has 0 saturated carbocycles. The minimum atomic E-state index is -0.180. The number of esters is 1. The number of nitrogens with zero attached hydrogens (tertiary/aromatic N) is 1. The van der Waals surface area contributed by atoms with Gasteiger partial charge in [0.15, 0.2) is 0 Å². The van der Waals surface area contributed by atoms with Crippen LogP contribution >= 0.6 is 0 Å². The summed E-state index contributed by atoms with van der Waals surface area (Å²) in [6.45, 7) is 0.778. The van der Waals surface area contributed by atoms with Crippen molar-refractivity contribution in [2.75, 3.05) is 20.7 Å². The third kappa shape index (κ3) is 1.70. The van der Waals surface area contributed by atoms with Gasteiger partial charge in [-0.1, -0.05) is 0 Å². The van der Waals surface area contributed by atoms with Gasteiger partial charge in [0.2, 0.25) is 0 Å². The van der Waals surface area contributed by atoms with Crippen LogP contribution in [0.3, 0.4) is 0 Å². The highest BCUT2D eigenvalue weighted by Gasteiger charge is 2.32. The Hall–Kier alpha value is -0.610. The van der Waals surface area contributed by atoms with Crippen LogP contribution in [0.15, 0.2) is 0 Å². The van der Waals surface area contributed by atoms with Gasteiger partial charge in [0.1, 0.15) is 6.04 Å². The Morgan fingerprint density at radius 3 is 2.73 bits per heavy atom. The van der Waals surface area contributed by atoms with Crippen molar-refractivity contribution in [1.82, 2.24) is 4.90 Å². The zero-order chi connectivity index (χ0) is 8.43. The molecule has 64 valence electrons. The summed E-state index contributed by atoms with van der Waals surface area (Å²) in [6.07, 6.45) is 0.711. The van der Waals surface area contributed by atoms with Crippen LogP contribution in [-0.2, 0) is 9.53 Å². The summed E-state index contributed by atoms with van der Waals surface area (Å²) in [5.74, 6) is -0.180. The summed E-state index contributed by atoms with van der Waals surface area (Å²) in [4.78, 5) is 13.0. The van der Waals surface area contributed by atoms with Crippen molar-refractivity contribution < 1.29 is 9.53 Å². The number of rotatable bonds is 1. The van der Waals surface area contributed by atoms with Crippen molar-refractivity contribution in [3.05, 3.63) is 0 Å². The van der Waals surface area contributed by atoms with Crippen LogP contribution in [0.25, 0.3) is 0 Å². The number of likely N-dealkylation sites (tertiary alicyclic amines) is 1. The normalized spacial score (nSPS) is 32.3. The van der Waals surface area contributed by atoms with Gasteiger partial charge in [-0.25, -0.2) is 0 Å². The van der Waals surface area contributed by atoms with Crippen molar-refractivity contribution in [1.29, 1.82) is 0 Å². The smallest absolute Gasteiger partial charge is 0.323 e. The van der Waals surface area contributed by atoms with E-state index < -0.39 is 0 Å². The van der Waals surface area contributed by atoms with E-state index in [-0.39, 0.29) is 18.1 Å². The van der Waals surface area contributed by atoms with Gasteiger partial charge in [0.05, 0.1) is 7.11 Å². The van der Waals surface area contributed by atoms with Crippen molar-refractivity contribution in [3.8, 4) is 0 Å². The van der Waals surface area contributed by atoms with E-state index in [0.29, 0.717) is 6.42 Å². The Balaban J connectivity index is 2.52. The molecule has 0 amide bonds. The number of carbonyl (C=O) groups excluding carboxylic acids is 1. The number of likely N-dealkylation sites (N-methyl/N-ethyl adjacent to an activating group) is 1. The molecule has 0 aromatic carbocycles. The summed E-state index contributed by atoms with van der Waals surface area (Å²) >= 11 is 0. The lowest BCUT2D eigenvalue weighted by atomic mass is 10.2. The van der Waals surface area contributed by atoms with Gasteiger partial charge >= 0.3 is 5.97 Å². The number of ether oxygens (including phenoxy) is 1. The summed E-state index contributed by atoms with van der Waals surface area (Å²) in [7, 11) is 3.29. The zero-order valence-electron chi connectivity index (χ0n) is 6.91. The zero-order valence-corrected chi connectivity index (χ0v) is 6.91. The molecule has 0 spiro atoms. The molecule has 0 aromatic rings. The van der Waals surface area contributed by atoms with Crippen LogP contribution < -0.4 is 5.73 Å². The van der Waals surface area contributed by atoms with Crippen molar-refractivity contribution in [3.63, 3.8) is 0 Å². The first-order chi connectivity index (χ1) is 5.15. The number of carbonyl (C=O) groups is 1. The second-order valence-electron chi connectivity index (χ2n) is 2.97. The highest BCUT2D eigenvalue weighted by atomic mass is 16.5. The minimum Gasteiger partial charge on any atom is -0.468 e. The molecule has 0 radical (unpaired) electrons. The van der Waals surface area contributed by atoms with E-state index in [1.807, 2.05) is 11.9 Å². The standard InChI is InChI=1S/C7H14N2O2/c1-9-4-5(8)3-6(9)7(10)11-2/h5-6H,3-4,8H2,1-2H3/t5-,6-/m1/s1. The highest BCUT2D eigenvalue weighted by molar-refractivity contribution is 5.76. The first-order valence-electron chi connectivity index (χ1n) is 3.68. The molecule has 2 N–H and O–H groups in total. The van der Waals surface area contributed by atoms with Gasteiger partial charge in [0.25, 0.3) is 0 Å². The van der Waals surface area contributed by atoms with Gasteiger partial charge < -0.3 is 10.5 Å². The predicted octanol–water partition coefficient (Wildman–Crippen LogP) is -0.809. The van der Waals surface area contributed by atoms with Crippen LogP contribution in [0.5, 0.6) is 0 Å². The van der Waals surface area contributed by atoms with E-state index in [2.05, 4.69) is 4.74 Å². The molecular weight excluding hydrogens is 144 g/mol. The Kier molecular flexibility index (Phi) is 2.46. The maximum absolute atomic E-state index is 11.1. The maximum atomic E-state index is 11.1. The molecule has 1 saturated heterocycles. The molecule has 11 heavy (non-hydrogen) atoms. The molecule has 1 rings (SSSR count). The maximum Gasteiger partial charge on any atom is 0.323 e. The Bertz CT molecular complexity index is 161. The van der Waals surface area contributed by atoms with E-state index in [1.165, 1.54) is 7.11 Å². The highest BCUT2D eigenvalue weighted by Crippen LogP contribution is 2.14. The van der Waals surface area contributed by atoms with Gasteiger partial charge in [-0.05, 0) is 13.5 Å². The lowest BCUT2D eigenvalue weighted by molar-refractivity contribution is -0.145. The van der Waals surface area contributed by atoms with Crippen LogP contribution in [0.2, 0.25) is 0 Å². The lowest BCUT2D eigenvalue weighted by Crippen LogP contribution is -2.33. The van der Waals surface area contributed by atoms with E-state index in [4.69, 9.17) is 5.73 Å². The summed E-state index contributed by atoms with van der Waals surface area (Å²) in [6, 6.07) is -0.0147. The van der Waals surface area contributed by atoms with Gasteiger partial charge in [-0.15, -0.1) is 0 Å². The second kappa shape index (κ2) is 3.19. The lowest BCUT2D eigenvalue weighted by Gasteiger charge is -2.15. The Morgan fingerprint density at radius 2 is 2.36 bits per heavy atom. The first kappa shape index (κ1) is 8.49. The van der Waals surface area contributed by atoms with Crippen molar-refractivity contribution in [2.24, 2.45) is 5.73 Å². The van der Waals surface area contributed by atoms with E-state index in [9.17, 15) is 4.79 Å².